The molecule has 1 aromatic rings. The van der Waals surface area contributed by atoms with Gasteiger partial charge in [-0.15, -0.1) is 0 Å². The lowest BCUT2D eigenvalue weighted by molar-refractivity contribution is -0.138. The fourth-order valence-corrected chi connectivity index (χ4v) is 3.66. The number of rotatable bonds is 6. The van der Waals surface area contributed by atoms with Crippen LogP contribution in [0.25, 0.3) is 5.57 Å². The molecule has 3 rings (SSSR count). The minimum absolute atomic E-state index is 0.159. The van der Waals surface area contributed by atoms with Gasteiger partial charge in [0.25, 0.3) is 11.8 Å². The molecule has 0 radical (unpaired) electrons. The number of amides is 3. The normalized spacial score (nSPS) is 18.2. The first-order valence-corrected chi connectivity index (χ1v) is 9.64. The quantitative estimate of drug-likeness (QED) is 0.759. The Hall–Kier alpha value is -2.67. The van der Waals surface area contributed by atoms with Crippen molar-refractivity contribution in [2.24, 2.45) is 5.92 Å². The summed E-state index contributed by atoms with van der Waals surface area (Å²) in [7, 11) is 1.55. The first kappa shape index (κ1) is 20.1. The minimum Gasteiger partial charge on any atom is -0.383 e. The van der Waals surface area contributed by atoms with Gasteiger partial charge in [-0.2, -0.15) is 0 Å². The van der Waals surface area contributed by atoms with Crippen LogP contribution >= 0.6 is 0 Å². The van der Waals surface area contributed by atoms with E-state index in [1.807, 2.05) is 4.90 Å². The second kappa shape index (κ2) is 8.56. The molecule has 7 heteroatoms. The molecule has 2 aliphatic rings. The Kier molecular flexibility index (Phi) is 6.14. The first-order valence-electron chi connectivity index (χ1n) is 9.64. The van der Waals surface area contributed by atoms with Crippen LogP contribution in [0.15, 0.2) is 30.0 Å². The van der Waals surface area contributed by atoms with Gasteiger partial charge in [0.1, 0.15) is 5.70 Å². The third-order valence-corrected chi connectivity index (χ3v) is 5.26. The number of carbonyl (C=O) groups is 3. The van der Waals surface area contributed by atoms with Crippen molar-refractivity contribution >= 4 is 29.0 Å². The number of hydrogen-bond donors (Lipinski definition) is 1. The van der Waals surface area contributed by atoms with Gasteiger partial charge in [0, 0.05) is 32.8 Å². The van der Waals surface area contributed by atoms with Crippen molar-refractivity contribution in [1.29, 1.82) is 0 Å². The van der Waals surface area contributed by atoms with Gasteiger partial charge in [-0.05, 0) is 36.5 Å². The largest absolute Gasteiger partial charge is 0.383 e. The van der Waals surface area contributed by atoms with Crippen LogP contribution in [-0.4, -0.2) is 60.9 Å². The van der Waals surface area contributed by atoms with Gasteiger partial charge in [0.2, 0.25) is 5.91 Å². The molecule has 150 valence electrons. The molecule has 28 heavy (non-hydrogen) atoms. The summed E-state index contributed by atoms with van der Waals surface area (Å²) in [4.78, 5) is 40.7. The van der Waals surface area contributed by atoms with Gasteiger partial charge >= 0.3 is 0 Å². The Morgan fingerprint density at radius 1 is 1.14 bits per heavy atom. The number of nitrogens with zero attached hydrogens (tertiary/aromatic N) is 2. The van der Waals surface area contributed by atoms with Gasteiger partial charge < -0.3 is 15.0 Å². The Morgan fingerprint density at radius 2 is 1.79 bits per heavy atom. The third-order valence-electron chi connectivity index (χ3n) is 5.26. The van der Waals surface area contributed by atoms with Crippen molar-refractivity contribution in [2.75, 3.05) is 38.7 Å². The molecule has 3 amide bonds. The van der Waals surface area contributed by atoms with E-state index >= 15 is 0 Å². The van der Waals surface area contributed by atoms with E-state index in [9.17, 15) is 14.4 Å². The number of benzene rings is 1. The molecule has 0 aromatic heterocycles. The zero-order chi connectivity index (χ0) is 20.3. The number of anilines is 1. The number of piperidine rings is 1. The molecule has 0 unspecified atom stereocenters. The highest BCUT2D eigenvalue weighted by Crippen LogP contribution is 2.34. The van der Waals surface area contributed by atoms with Crippen molar-refractivity contribution < 1.29 is 19.1 Å². The molecule has 0 atom stereocenters. The van der Waals surface area contributed by atoms with E-state index in [0.717, 1.165) is 25.9 Å². The molecular formula is C21H27N3O4. The number of likely N-dealkylation sites (tertiary alicyclic amines) is 1. The summed E-state index contributed by atoms with van der Waals surface area (Å²) >= 11 is 0. The number of hydrogen-bond acceptors (Lipinski definition) is 5. The fraction of sp³-hybridized carbons (Fsp3) is 0.476. The zero-order valence-electron chi connectivity index (χ0n) is 16.7. The molecule has 1 fully saturated rings. The van der Waals surface area contributed by atoms with Crippen LogP contribution in [-0.2, 0) is 19.1 Å². The lowest BCUT2D eigenvalue weighted by Gasteiger charge is -2.32. The maximum atomic E-state index is 13.1. The number of imide groups is 1. The summed E-state index contributed by atoms with van der Waals surface area (Å²) in [5, 5.41) is 2.71. The number of nitrogens with one attached hydrogen (secondary N) is 1. The molecule has 0 aliphatic carbocycles. The monoisotopic (exact) mass is 385 g/mol. The SMILES string of the molecule is COCCN1C(=O)C(c2ccc(NC(C)=O)cc2)=C(N2CCC(C)CC2)C1=O. The molecule has 2 aliphatic heterocycles. The van der Waals surface area contributed by atoms with Crippen molar-refractivity contribution in [3.63, 3.8) is 0 Å². The van der Waals surface area contributed by atoms with Crippen LogP contribution in [0.5, 0.6) is 0 Å². The summed E-state index contributed by atoms with van der Waals surface area (Å²) in [5.41, 5.74) is 2.25. The summed E-state index contributed by atoms with van der Waals surface area (Å²) in [6.07, 6.45) is 2.00. The zero-order valence-corrected chi connectivity index (χ0v) is 16.7. The maximum Gasteiger partial charge on any atom is 0.277 e. The van der Waals surface area contributed by atoms with Gasteiger partial charge in [-0.3, -0.25) is 19.3 Å². The predicted molar refractivity (Wildman–Crippen MR) is 106 cm³/mol. The minimum atomic E-state index is -0.289. The smallest absolute Gasteiger partial charge is 0.277 e. The van der Waals surface area contributed by atoms with E-state index in [2.05, 4.69) is 12.2 Å². The van der Waals surface area contributed by atoms with Gasteiger partial charge in [0.15, 0.2) is 0 Å². The Balaban J connectivity index is 1.96. The molecule has 7 nitrogen and oxygen atoms in total. The second-order valence-corrected chi connectivity index (χ2v) is 7.41. The van der Waals surface area contributed by atoms with E-state index in [0.29, 0.717) is 35.0 Å². The fourth-order valence-electron chi connectivity index (χ4n) is 3.66. The molecule has 0 saturated carbocycles. The van der Waals surface area contributed by atoms with Crippen molar-refractivity contribution in [2.45, 2.75) is 26.7 Å². The lowest BCUT2D eigenvalue weighted by atomic mass is 9.97. The molecule has 1 N–H and O–H groups in total. The Bertz CT molecular complexity index is 792. The highest BCUT2D eigenvalue weighted by atomic mass is 16.5. The summed E-state index contributed by atoms with van der Waals surface area (Å²) in [5.74, 6) is -0.0810. The Morgan fingerprint density at radius 3 is 2.36 bits per heavy atom. The van der Waals surface area contributed by atoms with Crippen molar-refractivity contribution in [3.8, 4) is 0 Å². The van der Waals surface area contributed by atoms with Crippen LogP contribution in [0.4, 0.5) is 5.69 Å². The summed E-state index contributed by atoms with van der Waals surface area (Å²) in [6.45, 7) is 5.72. The number of ether oxygens (including phenoxy) is 1. The highest BCUT2D eigenvalue weighted by Gasteiger charge is 2.41. The van der Waals surface area contributed by atoms with Crippen molar-refractivity contribution in [1.82, 2.24) is 9.80 Å². The van der Waals surface area contributed by atoms with E-state index in [1.165, 1.54) is 11.8 Å². The van der Waals surface area contributed by atoms with E-state index in [-0.39, 0.29) is 24.3 Å². The lowest BCUT2D eigenvalue weighted by Crippen LogP contribution is -2.39. The molecule has 1 aromatic carbocycles. The number of methoxy groups -OCH3 is 1. The third kappa shape index (κ3) is 4.09. The van der Waals surface area contributed by atoms with Crippen molar-refractivity contribution in [3.05, 3.63) is 35.5 Å². The topological polar surface area (TPSA) is 79.0 Å². The second-order valence-electron chi connectivity index (χ2n) is 7.41. The average molecular weight is 385 g/mol. The summed E-state index contributed by atoms with van der Waals surface area (Å²) < 4.78 is 5.07. The molecule has 0 spiro atoms. The van der Waals surface area contributed by atoms with Crippen LogP contribution in [0, 0.1) is 5.92 Å². The molecule has 2 heterocycles. The van der Waals surface area contributed by atoms with Gasteiger partial charge in [0.05, 0.1) is 18.7 Å². The van der Waals surface area contributed by atoms with Crippen LogP contribution in [0.3, 0.4) is 0 Å². The standard InChI is InChI=1S/C21H27N3O4/c1-14-8-10-23(11-9-14)19-18(20(26)24(21(19)27)12-13-28-3)16-4-6-17(7-5-16)22-15(2)25/h4-7,14H,8-13H2,1-3H3,(H,22,25). The Labute approximate surface area is 165 Å². The van der Waals surface area contributed by atoms with Crippen LogP contribution in [0.1, 0.15) is 32.3 Å². The number of carbonyl (C=O) groups excluding carboxylic acids is 3. The first-order chi connectivity index (χ1) is 13.4. The van der Waals surface area contributed by atoms with E-state index in [4.69, 9.17) is 4.74 Å². The molecule has 0 bridgehead atoms. The van der Waals surface area contributed by atoms with Crippen LogP contribution in [0.2, 0.25) is 0 Å². The summed E-state index contributed by atoms with van der Waals surface area (Å²) in [6, 6.07) is 7.04. The van der Waals surface area contributed by atoms with Gasteiger partial charge in [-0.1, -0.05) is 19.1 Å². The molecular weight excluding hydrogens is 358 g/mol. The highest BCUT2D eigenvalue weighted by molar-refractivity contribution is 6.35. The van der Waals surface area contributed by atoms with E-state index in [1.54, 1.807) is 31.4 Å². The average Bonchev–Trinajstić information content (AvgIpc) is 2.91. The maximum absolute atomic E-state index is 13.1. The van der Waals surface area contributed by atoms with E-state index < -0.39 is 0 Å². The van der Waals surface area contributed by atoms with Gasteiger partial charge in [-0.25, -0.2) is 0 Å². The molecule has 1 saturated heterocycles. The van der Waals surface area contributed by atoms with Crippen LogP contribution < -0.4 is 5.32 Å². The predicted octanol–water partition coefficient (Wildman–Crippen LogP) is 2.10.